The molecule has 0 amide bonds. The molecular formula is C7H14N2. The van der Waals surface area contributed by atoms with E-state index < -0.39 is 0 Å². The third-order valence-corrected chi connectivity index (χ3v) is 1.47. The standard InChI is InChI=1S/C7H14N2/c1-2-3-5-8-7-4-6-9-7/h3,5,7-9H,2,4,6H2,1H3. The molecule has 2 nitrogen and oxygen atoms in total. The van der Waals surface area contributed by atoms with Crippen molar-refractivity contribution >= 4 is 0 Å². The van der Waals surface area contributed by atoms with Crippen LogP contribution >= 0.6 is 0 Å². The summed E-state index contributed by atoms with van der Waals surface area (Å²) in [6, 6.07) is 0. The zero-order valence-corrected chi connectivity index (χ0v) is 5.85. The van der Waals surface area contributed by atoms with Crippen LogP contribution in [-0.2, 0) is 0 Å². The molecule has 0 bridgehead atoms. The second-order valence-electron chi connectivity index (χ2n) is 2.27. The third-order valence-electron chi connectivity index (χ3n) is 1.47. The van der Waals surface area contributed by atoms with Crippen molar-refractivity contribution in [2.75, 3.05) is 6.54 Å². The molecule has 1 aliphatic rings. The van der Waals surface area contributed by atoms with E-state index in [1.165, 1.54) is 6.42 Å². The van der Waals surface area contributed by atoms with Crippen molar-refractivity contribution in [3.05, 3.63) is 12.3 Å². The average molecular weight is 126 g/mol. The van der Waals surface area contributed by atoms with Crippen LogP contribution in [0.25, 0.3) is 0 Å². The zero-order chi connectivity index (χ0) is 6.53. The van der Waals surface area contributed by atoms with Gasteiger partial charge in [0.05, 0.1) is 6.17 Å². The van der Waals surface area contributed by atoms with Gasteiger partial charge in [0, 0.05) is 6.54 Å². The highest BCUT2D eigenvalue weighted by Gasteiger charge is 2.12. The number of hydrogen-bond donors (Lipinski definition) is 2. The lowest BCUT2D eigenvalue weighted by Crippen LogP contribution is -2.50. The van der Waals surface area contributed by atoms with E-state index in [9.17, 15) is 0 Å². The van der Waals surface area contributed by atoms with Crippen molar-refractivity contribution in [1.82, 2.24) is 10.6 Å². The van der Waals surface area contributed by atoms with Crippen LogP contribution in [0.15, 0.2) is 12.3 Å². The van der Waals surface area contributed by atoms with E-state index in [0.717, 1.165) is 13.0 Å². The van der Waals surface area contributed by atoms with Gasteiger partial charge in [0.2, 0.25) is 0 Å². The molecule has 1 saturated heterocycles. The molecule has 1 fully saturated rings. The van der Waals surface area contributed by atoms with E-state index in [1.807, 2.05) is 6.20 Å². The van der Waals surface area contributed by atoms with E-state index in [4.69, 9.17) is 0 Å². The Morgan fingerprint density at radius 1 is 1.78 bits per heavy atom. The monoisotopic (exact) mass is 126 g/mol. The summed E-state index contributed by atoms with van der Waals surface area (Å²) in [6.45, 7) is 3.30. The maximum atomic E-state index is 3.24. The van der Waals surface area contributed by atoms with Gasteiger partial charge in [-0.15, -0.1) is 0 Å². The number of allylic oxidation sites excluding steroid dienone is 1. The molecule has 1 unspecified atom stereocenters. The van der Waals surface area contributed by atoms with Gasteiger partial charge in [-0.2, -0.15) is 0 Å². The highest BCUT2D eigenvalue weighted by molar-refractivity contribution is 4.84. The summed E-state index contributed by atoms with van der Waals surface area (Å²) in [5.74, 6) is 0. The summed E-state index contributed by atoms with van der Waals surface area (Å²) in [4.78, 5) is 0. The van der Waals surface area contributed by atoms with Gasteiger partial charge in [-0.25, -0.2) is 0 Å². The van der Waals surface area contributed by atoms with Gasteiger partial charge in [0.25, 0.3) is 0 Å². The van der Waals surface area contributed by atoms with Gasteiger partial charge in [-0.05, 0) is 19.0 Å². The number of hydrogen-bond acceptors (Lipinski definition) is 2. The highest BCUT2D eigenvalue weighted by atomic mass is 15.2. The first kappa shape index (κ1) is 6.62. The Morgan fingerprint density at radius 2 is 2.56 bits per heavy atom. The minimum absolute atomic E-state index is 0.549. The second kappa shape index (κ2) is 3.51. The molecule has 0 aliphatic carbocycles. The molecule has 0 spiro atoms. The number of rotatable bonds is 3. The maximum absolute atomic E-state index is 3.24. The van der Waals surface area contributed by atoms with Crippen molar-refractivity contribution in [1.29, 1.82) is 0 Å². The van der Waals surface area contributed by atoms with Gasteiger partial charge >= 0.3 is 0 Å². The van der Waals surface area contributed by atoms with Crippen LogP contribution in [0.3, 0.4) is 0 Å². The van der Waals surface area contributed by atoms with Gasteiger partial charge in [0.1, 0.15) is 0 Å². The molecular weight excluding hydrogens is 112 g/mol. The summed E-state index contributed by atoms with van der Waals surface area (Å²) in [6.07, 6.45) is 7.07. The van der Waals surface area contributed by atoms with Crippen LogP contribution in [0.5, 0.6) is 0 Å². The lowest BCUT2D eigenvalue weighted by Gasteiger charge is -2.27. The highest BCUT2D eigenvalue weighted by Crippen LogP contribution is 1.96. The van der Waals surface area contributed by atoms with Crippen LogP contribution < -0.4 is 10.6 Å². The van der Waals surface area contributed by atoms with E-state index in [0.29, 0.717) is 6.17 Å². The van der Waals surface area contributed by atoms with Crippen molar-refractivity contribution < 1.29 is 0 Å². The van der Waals surface area contributed by atoms with E-state index in [1.54, 1.807) is 0 Å². The van der Waals surface area contributed by atoms with Crippen LogP contribution in [0.2, 0.25) is 0 Å². The van der Waals surface area contributed by atoms with E-state index >= 15 is 0 Å². The lowest BCUT2D eigenvalue weighted by molar-refractivity contribution is 0.339. The fourth-order valence-corrected chi connectivity index (χ4v) is 0.733. The normalized spacial score (nSPS) is 26.1. The van der Waals surface area contributed by atoms with Gasteiger partial charge in [-0.3, -0.25) is 5.32 Å². The predicted molar refractivity (Wildman–Crippen MR) is 39.0 cm³/mol. The molecule has 0 aromatic carbocycles. The largest absolute Gasteiger partial charge is 0.376 e. The predicted octanol–water partition coefficient (Wildman–Crippen LogP) is 0.819. The molecule has 0 radical (unpaired) electrons. The first-order valence-corrected chi connectivity index (χ1v) is 3.58. The molecule has 0 aromatic heterocycles. The molecule has 1 rings (SSSR count). The lowest BCUT2D eigenvalue weighted by atomic mass is 10.2. The molecule has 9 heavy (non-hydrogen) atoms. The van der Waals surface area contributed by atoms with Gasteiger partial charge in [0.15, 0.2) is 0 Å². The van der Waals surface area contributed by atoms with Crippen molar-refractivity contribution in [3.8, 4) is 0 Å². The fourth-order valence-electron chi connectivity index (χ4n) is 0.733. The molecule has 0 aromatic rings. The van der Waals surface area contributed by atoms with Crippen molar-refractivity contribution in [2.24, 2.45) is 0 Å². The Bertz CT molecular complexity index is 95.1. The SMILES string of the molecule is CCC=CNC1CCN1. The van der Waals surface area contributed by atoms with Crippen LogP contribution in [0, 0.1) is 0 Å². The number of nitrogens with one attached hydrogen (secondary N) is 2. The van der Waals surface area contributed by atoms with Crippen molar-refractivity contribution in [3.63, 3.8) is 0 Å². The Kier molecular flexibility index (Phi) is 2.58. The average Bonchev–Trinajstić information content (AvgIpc) is 1.76. The Hall–Kier alpha value is -0.500. The molecule has 2 heteroatoms. The van der Waals surface area contributed by atoms with Crippen LogP contribution in [0.4, 0.5) is 0 Å². The Morgan fingerprint density at radius 3 is 3.00 bits per heavy atom. The van der Waals surface area contributed by atoms with Crippen LogP contribution in [0.1, 0.15) is 19.8 Å². The molecule has 2 N–H and O–H groups in total. The zero-order valence-electron chi connectivity index (χ0n) is 5.85. The van der Waals surface area contributed by atoms with E-state index in [-0.39, 0.29) is 0 Å². The van der Waals surface area contributed by atoms with Gasteiger partial charge in [-0.1, -0.05) is 13.0 Å². The first-order valence-electron chi connectivity index (χ1n) is 3.58. The Balaban J connectivity index is 1.97. The second-order valence-corrected chi connectivity index (χ2v) is 2.27. The summed E-state index contributed by atoms with van der Waals surface area (Å²) in [7, 11) is 0. The summed E-state index contributed by atoms with van der Waals surface area (Å²) in [5.41, 5.74) is 0. The molecule has 52 valence electrons. The first-order chi connectivity index (χ1) is 4.43. The maximum Gasteiger partial charge on any atom is 0.0775 e. The molecule has 1 atom stereocenters. The minimum Gasteiger partial charge on any atom is -0.376 e. The third kappa shape index (κ3) is 2.06. The minimum atomic E-state index is 0.549. The molecule has 1 aliphatic heterocycles. The topological polar surface area (TPSA) is 24.1 Å². The van der Waals surface area contributed by atoms with E-state index in [2.05, 4.69) is 23.6 Å². The smallest absolute Gasteiger partial charge is 0.0775 e. The van der Waals surface area contributed by atoms with Crippen molar-refractivity contribution in [2.45, 2.75) is 25.9 Å². The van der Waals surface area contributed by atoms with Gasteiger partial charge < -0.3 is 5.32 Å². The molecule has 1 heterocycles. The fraction of sp³-hybridized carbons (Fsp3) is 0.714. The van der Waals surface area contributed by atoms with Crippen LogP contribution in [-0.4, -0.2) is 12.7 Å². The summed E-state index contributed by atoms with van der Waals surface area (Å²) >= 11 is 0. The summed E-state index contributed by atoms with van der Waals surface area (Å²) in [5, 5.41) is 6.47. The molecule has 0 saturated carbocycles. The summed E-state index contributed by atoms with van der Waals surface area (Å²) < 4.78 is 0. The Labute approximate surface area is 56.3 Å². The quantitative estimate of drug-likeness (QED) is 0.585.